The largest absolute Gasteiger partial charge is 0.312 e. The lowest BCUT2D eigenvalue weighted by molar-refractivity contribution is -0.466. The van der Waals surface area contributed by atoms with Crippen molar-refractivity contribution in [3.63, 3.8) is 0 Å². The molecule has 0 aromatic heterocycles. The Labute approximate surface area is 121 Å². The number of nitrogens with zero attached hydrogens (tertiary/aromatic N) is 2. The van der Waals surface area contributed by atoms with Crippen LogP contribution in [-0.4, -0.2) is 42.8 Å². The van der Waals surface area contributed by atoms with E-state index in [-0.39, 0.29) is 0 Å². The van der Waals surface area contributed by atoms with Crippen molar-refractivity contribution in [2.75, 3.05) is 28.2 Å². The first kappa shape index (κ1) is 15.0. The van der Waals surface area contributed by atoms with Crippen LogP contribution in [0, 0.1) is 0 Å². The van der Waals surface area contributed by atoms with Crippen LogP contribution in [0.5, 0.6) is 0 Å². The molecule has 0 bridgehead atoms. The molecule has 0 saturated heterocycles. The van der Waals surface area contributed by atoms with Gasteiger partial charge in [0.2, 0.25) is 0 Å². The number of rotatable bonds is 1. The molecule has 0 saturated carbocycles. The summed E-state index contributed by atoms with van der Waals surface area (Å²) >= 11 is 19.6. The Hall–Kier alpha value is -0.0900. The summed E-state index contributed by atoms with van der Waals surface area (Å²) in [5, 5.41) is 2.64. The van der Waals surface area contributed by atoms with Crippen molar-refractivity contribution in [2.45, 2.75) is 4.90 Å². The maximum Gasteiger partial charge on any atom is 0.312 e. The van der Waals surface area contributed by atoms with Gasteiger partial charge < -0.3 is 0 Å². The van der Waals surface area contributed by atoms with Crippen molar-refractivity contribution in [2.24, 2.45) is 0 Å². The summed E-state index contributed by atoms with van der Waals surface area (Å²) in [6, 6.07) is 3.45. The SMILES string of the molecule is CN(C)C(Sc1cc(Cl)c(Cl)cc1Cl)=[N+](C)C. The van der Waals surface area contributed by atoms with E-state index in [4.69, 9.17) is 34.8 Å². The Morgan fingerprint density at radius 2 is 1.59 bits per heavy atom. The second-order valence-corrected chi connectivity index (χ2v) is 6.10. The third-order valence-corrected chi connectivity index (χ3v) is 4.56. The minimum Gasteiger partial charge on any atom is -0.261 e. The second-order valence-electron chi connectivity index (χ2n) is 3.87. The van der Waals surface area contributed by atoms with Crippen LogP contribution in [0.25, 0.3) is 0 Å². The molecule has 1 rings (SSSR count). The van der Waals surface area contributed by atoms with E-state index in [0.717, 1.165) is 10.1 Å². The number of amidine groups is 1. The first-order valence-corrected chi connectivity index (χ1v) is 6.82. The van der Waals surface area contributed by atoms with Gasteiger partial charge in [-0.25, -0.2) is 0 Å². The standard InChI is InChI=1S/C11H14Cl3N2S/c1-15(2)11(16(3)4)17-10-6-8(13)7(12)5-9(10)14/h5-6H,1-4H3/q+1. The normalized spacial score (nSPS) is 10.3. The fourth-order valence-electron chi connectivity index (χ4n) is 1.26. The van der Waals surface area contributed by atoms with Crippen molar-refractivity contribution in [3.05, 3.63) is 27.2 Å². The van der Waals surface area contributed by atoms with E-state index in [9.17, 15) is 0 Å². The number of thioether (sulfide) groups is 1. The molecule has 0 aliphatic rings. The summed E-state index contributed by atoms with van der Waals surface area (Å²) in [7, 11) is 7.92. The van der Waals surface area contributed by atoms with Gasteiger partial charge in [0, 0.05) is 4.90 Å². The molecule has 0 amide bonds. The molecule has 1 aromatic carbocycles. The molecule has 0 atom stereocenters. The molecule has 0 unspecified atom stereocenters. The van der Waals surface area contributed by atoms with E-state index in [1.54, 1.807) is 23.9 Å². The molecular formula is C11H14Cl3N2S+. The Morgan fingerprint density at radius 3 is 2.06 bits per heavy atom. The lowest BCUT2D eigenvalue weighted by Gasteiger charge is -2.11. The van der Waals surface area contributed by atoms with Gasteiger partial charge in [-0.15, -0.1) is 0 Å². The average Bonchev–Trinajstić information content (AvgIpc) is 2.20. The molecule has 0 radical (unpaired) electrons. The van der Waals surface area contributed by atoms with E-state index < -0.39 is 0 Å². The van der Waals surface area contributed by atoms with Crippen molar-refractivity contribution in [1.29, 1.82) is 0 Å². The van der Waals surface area contributed by atoms with Crippen molar-refractivity contribution >= 4 is 51.7 Å². The van der Waals surface area contributed by atoms with Crippen LogP contribution in [0.15, 0.2) is 17.0 Å². The van der Waals surface area contributed by atoms with Gasteiger partial charge in [-0.1, -0.05) is 34.8 Å². The number of hydrogen-bond donors (Lipinski definition) is 0. The summed E-state index contributed by atoms with van der Waals surface area (Å²) in [4.78, 5) is 2.90. The van der Waals surface area contributed by atoms with Gasteiger partial charge in [0.1, 0.15) is 0 Å². The number of benzene rings is 1. The molecule has 1 aromatic rings. The molecule has 94 valence electrons. The van der Waals surface area contributed by atoms with Gasteiger partial charge in [0.05, 0.1) is 43.3 Å². The average molecular weight is 313 g/mol. The second kappa shape index (κ2) is 6.19. The lowest BCUT2D eigenvalue weighted by Crippen LogP contribution is -2.26. The Bertz CT molecular complexity index is 454. The molecule has 0 aliphatic carbocycles. The van der Waals surface area contributed by atoms with Crippen LogP contribution in [0.1, 0.15) is 0 Å². The molecule has 0 heterocycles. The summed E-state index contributed by atoms with van der Waals surface area (Å²) in [5.74, 6) is 0. The molecule has 0 aliphatic heterocycles. The van der Waals surface area contributed by atoms with E-state index in [1.165, 1.54) is 0 Å². The molecule has 6 heteroatoms. The van der Waals surface area contributed by atoms with Crippen LogP contribution in [0.4, 0.5) is 0 Å². The summed E-state index contributed by atoms with van der Waals surface area (Å²) in [5.41, 5.74) is 0. The Balaban J connectivity index is 3.11. The van der Waals surface area contributed by atoms with Gasteiger partial charge in [0.25, 0.3) is 0 Å². The van der Waals surface area contributed by atoms with Gasteiger partial charge >= 0.3 is 5.17 Å². The maximum absolute atomic E-state index is 6.14. The predicted octanol–water partition coefficient (Wildman–Crippen LogP) is 3.93. The van der Waals surface area contributed by atoms with Crippen LogP contribution in [0.3, 0.4) is 0 Å². The molecule has 0 N–H and O–H groups in total. The molecular weight excluding hydrogens is 299 g/mol. The third kappa shape index (κ3) is 3.95. The highest BCUT2D eigenvalue weighted by Crippen LogP contribution is 2.35. The zero-order valence-electron chi connectivity index (χ0n) is 10.1. The Kier molecular flexibility index (Phi) is 5.45. The van der Waals surface area contributed by atoms with Crippen molar-refractivity contribution in [1.82, 2.24) is 4.90 Å². The Morgan fingerprint density at radius 1 is 1.06 bits per heavy atom. The first-order chi connectivity index (χ1) is 7.82. The zero-order valence-corrected chi connectivity index (χ0v) is 13.2. The monoisotopic (exact) mass is 311 g/mol. The smallest absolute Gasteiger partial charge is 0.261 e. The minimum atomic E-state index is 0.470. The third-order valence-electron chi connectivity index (χ3n) is 1.94. The molecule has 0 fully saturated rings. The van der Waals surface area contributed by atoms with Crippen molar-refractivity contribution < 1.29 is 4.58 Å². The molecule has 0 spiro atoms. The van der Waals surface area contributed by atoms with Gasteiger partial charge in [-0.05, 0) is 23.9 Å². The summed E-state index contributed by atoms with van der Waals surface area (Å²) < 4.78 is 2.02. The predicted molar refractivity (Wildman–Crippen MR) is 78.1 cm³/mol. The number of hydrogen-bond acceptors (Lipinski definition) is 1. The fourth-order valence-corrected chi connectivity index (χ4v) is 2.89. The van der Waals surface area contributed by atoms with E-state index in [2.05, 4.69) is 0 Å². The highest BCUT2D eigenvalue weighted by atomic mass is 35.5. The number of halogens is 3. The van der Waals surface area contributed by atoms with Crippen LogP contribution in [-0.2, 0) is 0 Å². The van der Waals surface area contributed by atoms with E-state index in [1.807, 2.05) is 37.7 Å². The fraction of sp³-hybridized carbons (Fsp3) is 0.364. The van der Waals surface area contributed by atoms with Crippen LogP contribution < -0.4 is 0 Å². The summed E-state index contributed by atoms with van der Waals surface area (Å²) in [6.45, 7) is 0. The van der Waals surface area contributed by atoms with E-state index in [0.29, 0.717) is 15.1 Å². The summed E-state index contributed by atoms with van der Waals surface area (Å²) in [6.07, 6.45) is 0. The van der Waals surface area contributed by atoms with Gasteiger partial charge in [-0.3, -0.25) is 9.48 Å². The lowest BCUT2D eigenvalue weighted by atomic mass is 10.4. The quantitative estimate of drug-likeness (QED) is 0.255. The van der Waals surface area contributed by atoms with Crippen molar-refractivity contribution in [3.8, 4) is 0 Å². The van der Waals surface area contributed by atoms with Gasteiger partial charge in [-0.2, -0.15) is 0 Å². The molecule has 17 heavy (non-hydrogen) atoms. The van der Waals surface area contributed by atoms with E-state index >= 15 is 0 Å². The maximum atomic E-state index is 6.14. The molecule has 2 nitrogen and oxygen atoms in total. The minimum absolute atomic E-state index is 0.470. The topological polar surface area (TPSA) is 6.25 Å². The highest BCUT2D eigenvalue weighted by molar-refractivity contribution is 8.13. The zero-order chi connectivity index (χ0) is 13.2. The van der Waals surface area contributed by atoms with Gasteiger partial charge in [0.15, 0.2) is 0 Å². The van der Waals surface area contributed by atoms with Crippen LogP contribution >= 0.6 is 46.6 Å². The highest BCUT2D eigenvalue weighted by Gasteiger charge is 2.17. The van der Waals surface area contributed by atoms with Crippen LogP contribution in [0.2, 0.25) is 15.1 Å². The first-order valence-electron chi connectivity index (χ1n) is 4.87.